The molecule has 0 saturated carbocycles. The van der Waals surface area contributed by atoms with Crippen LogP contribution < -0.4 is 0 Å². The Hall–Kier alpha value is -0.960. The van der Waals surface area contributed by atoms with Crippen LogP contribution in [-0.4, -0.2) is 29.3 Å². The molecule has 0 radical (unpaired) electrons. The lowest BCUT2D eigenvalue weighted by Crippen LogP contribution is -2.40. The predicted molar refractivity (Wildman–Crippen MR) is 74.2 cm³/mol. The maximum absolute atomic E-state index is 12.4. The van der Waals surface area contributed by atoms with Crippen LogP contribution in [0.1, 0.15) is 49.9 Å². The molecule has 0 unspecified atom stereocenters. The summed E-state index contributed by atoms with van der Waals surface area (Å²) >= 11 is 5.79. The van der Waals surface area contributed by atoms with Crippen molar-refractivity contribution in [2.75, 3.05) is 12.4 Å². The minimum Gasteiger partial charge on any atom is -0.456 e. The lowest BCUT2D eigenvalue weighted by molar-refractivity contribution is 0.0647. The van der Waals surface area contributed by atoms with Crippen molar-refractivity contribution >= 4 is 17.5 Å². The average Bonchev–Trinajstić information content (AvgIpc) is 2.87. The van der Waals surface area contributed by atoms with Crippen LogP contribution in [0.4, 0.5) is 0 Å². The molecule has 0 fully saturated rings. The lowest BCUT2D eigenvalue weighted by atomic mass is 10.1. The molecule has 0 bridgehead atoms. The molecule has 0 aliphatic rings. The molecule has 0 aliphatic heterocycles. The molecule has 18 heavy (non-hydrogen) atoms. The molecule has 1 aromatic heterocycles. The Kier molecular flexibility index (Phi) is 6.27. The van der Waals surface area contributed by atoms with E-state index in [9.17, 15) is 4.79 Å². The second-order valence-corrected chi connectivity index (χ2v) is 4.66. The molecule has 3 nitrogen and oxygen atoms in total. The van der Waals surface area contributed by atoms with Crippen LogP contribution in [0.5, 0.6) is 0 Å². The van der Waals surface area contributed by atoms with Gasteiger partial charge < -0.3 is 9.32 Å². The highest BCUT2D eigenvalue weighted by molar-refractivity contribution is 6.18. The molecule has 4 heteroatoms. The van der Waals surface area contributed by atoms with Crippen molar-refractivity contribution in [3.8, 4) is 0 Å². The van der Waals surface area contributed by atoms with Crippen LogP contribution in [0.15, 0.2) is 16.5 Å². The normalized spacial score (nSPS) is 10.9. The third-order valence-corrected chi connectivity index (χ3v) is 3.36. The largest absolute Gasteiger partial charge is 0.456 e. The van der Waals surface area contributed by atoms with Gasteiger partial charge in [0.1, 0.15) is 5.76 Å². The summed E-state index contributed by atoms with van der Waals surface area (Å²) < 4.78 is 5.53. The average molecular weight is 272 g/mol. The number of amides is 1. The Morgan fingerprint density at radius 3 is 2.44 bits per heavy atom. The van der Waals surface area contributed by atoms with Crippen molar-refractivity contribution < 1.29 is 9.21 Å². The fraction of sp³-hybridized carbons (Fsp3) is 0.643. The summed E-state index contributed by atoms with van der Waals surface area (Å²) in [6.45, 7) is 6.74. The predicted octanol–water partition coefficient (Wildman–Crippen LogP) is 3.71. The lowest BCUT2D eigenvalue weighted by Gasteiger charge is -2.29. The number of rotatable bonds is 7. The van der Waals surface area contributed by atoms with Gasteiger partial charge >= 0.3 is 0 Å². The molecule has 1 aromatic rings. The van der Waals surface area contributed by atoms with E-state index in [4.69, 9.17) is 16.0 Å². The maximum Gasteiger partial charge on any atom is 0.289 e. The Bertz CT molecular complexity index is 372. The van der Waals surface area contributed by atoms with E-state index in [-0.39, 0.29) is 11.9 Å². The van der Waals surface area contributed by atoms with E-state index < -0.39 is 0 Å². The third kappa shape index (κ3) is 3.52. The zero-order valence-electron chi connectivity index (χ0n) is 11.4. The van der Waals surface area contributed by atoms with Crippen molar-refractivity contribution in [3.63, 3.8) is 0 Å². The molecule has 1 rings (SSSR count). The molecule has 1 heterocycles. The van der Waals surface area contributed by atoms with Gasteiger partial charge in [0.2, 0.25) is 0 Å². The van der Waals surface area contributed by atoms with Crippen molar-refractivity contribution in [2.24, 2.45) is 0 Å². The summed E-state index contributed by atoms with van der Waals surface area (Å²) in [6.07, 6.45) is 2.66. The minimum atomic E-state index is -0.0518. The molecule has 0 N–H and O–H groups in total. The number of furan rings is 1. The van der Waals surface area contributed by atoms with Crippen LogP contribution in [0, 0.1) is 0 Å². The molecular formula is C14H22ClNO2. The highest BCUT2D eigenvalue weighted by Gasteiger charge is 2.24. The first-order valence-corrected chi connectivity index (χ1v) is 7.16. The Labute approximate surface area is 114 Å². The van der Waals surface area contributed by atoms with Gasteiger partial charge in [0.15, 0.2) is 5.76 Å². The van der Waals surface area contributed by atoms with Crippen LogP contribution in [0.25, 0.3) is 0 Å². The molecule has 0 aliphatic carbocycles. The molecule has 0 aromatic carbocycles. The van der Waals surface area contributed by atoms with E-state index in [1.165, 1.54) is 0 Å². The summed E-state index contributed by atoms with van der Waals surface area (Å²) in [4.78, 5) is 14.2. The first kappa shape index (κ1) is 15.1. The second-order valence-electron chi connectivity index (χ2n) is 4.28. The quantitative estimate of drug-likeness (QED) is 0.709. The molecular weight excluding hydrogens is 250 g/mol. The molecule has 0 atom stereocenters. The number of hydrogen-bond acceptors (Lipinski definition) is 2. The standard InChI is InChI=1S/C14H22ClNO2/c1-4-11(5-2)16(10-9-15)14(17)13-8-7-12(6-3)18-13/h7-8,11H,4-6,9-10H2,1-3H3. The van der Waals surface area contributed by atoms with Gasteiger partial charge in [-0.05, 0) is 25.0 Å². The smallest absolute Gasteiger partial charge is 0.289 e. The van der Waals surface area contributed by atoms with E-state index in [1.54, 1.807) is 6.07 Å². The van der Waals surface area contributed by atoms with Crippen molar-refractivity contribution in [2.45, 2.75) is 46.1 Å². The SMILES string of the molecule is CCc1ccc(C(=O)N(CCCl)C(CC)CC)o1. The second kappa shape index (κ2) is 7.47. The highest BCUT2D eigenvalue weighted by atomic mass is 35.5. The van der Waals surface area contributed by atoms with E-state index in [2.05, 4.69) is 13.8 Å². The molecule has 1 amide bonds. The fourth-order valence-corrected chi connectivity index (χ4v) is 2.28. The number of alkyl halides is 1. The van der Waals surface area contributed by atoms with Crippen LogP contribution >= 0.6 is 11.6 Å². The van der Waals surface area contributed by atoms with Crippen LogP contribution in [0.3, 0.4) is 0 Å². The van der Waals surface area contributed by atoms with Crippen molar-refractivity contribution in [1.82, 2.24) is 4.90 Å². The van der Waals surface area contributed by atoms with Gasteiger partial charge in [-0.15, -0.1) is 11.6 Å². The number of halogens is 1. The maximum atomic E-state index is 12.4. The molecule has 0 spiro atoms. The van der Waals surface area contributed by atoms with Gasteiger partial charge in [0, 0.05) is 24.9 Å². The van der Waals surface area contributed by atoms with Crippen LogP contribution in [-0.2, 0) is 6.42 Å². The van der Waals surface area contributed by atoms with E-state index >= 15 is 0 Å². The summed E-state index contributed by atoms with van der Waals surface area (Å²) in [5.41, 5.74) is 0. The van der Waals surface area contributed by atoms with Crippen LogP contribution in [0.2, 0.25) is 0 Å². The topological polar surface area (TPSA) is 33.5 Å². The first-order valence-electron chi connectivity index (χ1n) is 6.63. The number of carbonyl (C=O) groups is 1. The third-order valence-electron chi connectivity index (χ3n) is 3.19. The van der Waals surface area contributed by atoms with Gasteiger partial charge in [-0.2, -0.15) is 0 Å². The highest BCUT2D eigenvalue weighted by Crippen LogP contribution is 2.16. The van der Waals surface area contributed by atoms with E-state index in [0.717, 1.165) is 25.0 Å². The summed E-state index contributed by atoms with van der Waals surface area (Å²) in [6, 6.07) is 3.84. The van der Waals surface area contributed by atoms with Gasteiger partial charge in [0.05, 0.1) is 0 Å². The number of hydrogen-bond donors (Lipinski definition) is 0. The summed E-state index contributed by atoms with van der Waals surface area (Å²) in [5.74, 6) is 1.66. The first-order chi connectivity index (χ1) is 8.67. The zero-order chi connectivity index (χ0) is 13.5. The summed E-state index contributed by atoms with van der Waals surface area (Å²) in [7, 11) is 0. The van der Waals surface area contributed by atoms with Crippen molar-refractivity contribution in [1.29, 1.82) is 0 Å². The molecule has 102 valence electrons. The monoisotopic (exact) mass is 271 g/mol. The Morgan fingerprint density at radius 1 is 1.33 bits per heavy atom. The van der Waals surface area contributed by atoms with Gasteiger partial charge in [-0.25, -0.2) is 0 Å². The van der Waals surface area contributed by atoms with Gasteiger partial charge in [-0.1, -0.05) is 20.8 Å². The number of aryl methyl sites for hydroxylation is 1. The number of nitrogens with zero attached hydrogens (tertiary/aromatic N) is 1. The minimum absolute atomic E-state index is 0.0518. The van der Waals surface area contributed by atoms with Gasteiger partial charge in [-0.3, -0.25) is 4.79 Å². The van der Waals surface area contributed by atoms with Crippen molar-refractivity contribution in [3.05, 3.63) is 23.7 Å². The number of carbonyl (C=O) groups excluding carboxylic acids is 1. The fourth-order valence-electron chi connectivity index (χ4n) is 2.09. The van der Waals surface area contributed by atoms with Gasteiger partial charge in [0.25, 0.3) is 5.91 Å². The Morgan fingerprint density at radius 2 is 2.00 bits per heavy atom. The summed E-state index contributed by atoms with van der Waals surface area (Å²) in [5, 5.41) is 0. The Balaban J connectivity index is 2.87. The van der Waals surface area contributed by atoms with E-state index in [0.29, 0.717) is 18.2 Å². The zero-order valence-corrected chi connectivity index (χ0v) is 12.2. The molecule has 0 saturated heterocycles. The van der Waals surface area contributed by atoms with E-state index in [1.807, 2.05) is 17.9 Å².